The summed E-state index contributed by atoms with van der Waals surface area (Å²) in [7, 11) is 0. The van der Waals surface area contributed by atoms with E-state index in [9.17, 15) is 9.90 Å². The van der Waals surface area contributed by atoms with Gasteiger partial charge in [0.1, 0.15) is 4.88 Å². The van der Waals surface area contributed by atoms with Crippen molar-refractivity contribution >= 4 is 33.8 Å². The molecule has 1 aliphatic carbocycles. The molecule has 2 N–H and O–H groups in total. The summed E-state index contributed by atoms with van der Waals surface area (Å²) in [5, 5.41) is 19.5. The number of benzene rings is 1. The Balaban J connectivity index is 1.64. The molecule has 7 heteroatoms. The molecule has 6 nitrogen and oxygen atoms in total. The van der Waals surface area contributed by atoms with Crippen LogP contribution in [-0.4, -0.2) is 25.8 Å². The van der Waals surface area contributed by atoms with E-state index in [4.69, 9.17) is 5.10 Å². The molecule has 3 aromatic rings. The second kappa shape index (κ2) is 8.12. The predicted octanol–water partition coefficient (Wildman–Crippen LogP) is 5.36. The van der Waals surface area contributed by atoms with Gasteiger partial charge in [0.25, 0.3) is 5.91 Å². The molecule has 1 aromatic carbocycles. The van der Waals surface area contributed by atoms with Crippen LogP contribution in [0.3, 0.4) is 0 Å². The van der Waals surface area contributed by atoms with Gasteiger partial charge in [-0.1, -0.05) is 13.8 Å². The third-order valence-corrected chi connectivity index (χ3v) is 7.05. The van der Waals surface area contributed by atoms with Crippen molar-refractivity contribution in [3.8, 4) is 0 Å². The van der Waals surface area contributed by atoms with Crippen molar-refractivity contribution in [2.45, 2.75) is 65.0 Å². The van der Waals surface area contributed by atoms with E-state index in [1.807, 2.05) is 12.1 Å². The van der Waals surface area contributed by atoms with E-state index in [0.717, 1.165) is 35.6 Å². The Morgan fingerprint density at radius 3 is 2.60 bits per heavy atom. The molecule has 0 spiro atoms. The highest BCUT2D eigenvalue weighted by atomic mass is 32.1. The van der Waals surface area contributed by atoms with Crippen molar-refractivity contribution in [3.05, 3.63) is 40.5 Å². The lowest BCUT2D eigenvalue weighted by Crippen LogP contribution is -2.21. The molecule has 1 fully saturated rings. The first-order chi connectivity index (χ1) is 14.2. The molecule has 0 radical (unpaired) electrons. The van der Waals surface area contributed by atoms with Gasteiger partial charge in [-0.3, -0.25) is 14.5 Å². The molecule has 0 atom stereocenters. The monoisotopic (exact) mass is 426 g/mol. The van der Waals surface area contributed by atoms with Crippen molar-refractivity contribution in [1.82, 2.24) is 14.8 Å². The van der Waals surface area contributed by atoms with Crippen LogP contribution < -0.4 is 5.32 Å². The molecule has 0 bridgehead atoms. The van der Waals surface area contributed by atoms with Crippen molar-refractivity contribution in [2.24, 2.45) is 11.8 Å². The fraction of sp³-hybridized carbons (Fsp3) is 0.522. The van der Waals surface area contributed by atoms with E-state index in [1.165, 1.54) is 24.2 Å². The Kier molecular flexibility index (Phi) is 5.68. The molecule has 2 heterocycles. The zero-order valence-corrected chi connectivity index (χ0v) is 18.9. The zero-order chi connectivity index (χ0) is 21.5. The Bertz CT molecular complexity index is 1030. The van der Waals surface area contributed by atoms with Crippen LogP contribution in [-0.2, 0) is 5.60 Å². The van der Waals surface area contributed by atoms with Gasteiger partial charge < -0.3 is 10.4 Å². The highest BCUT2D eigenvalue weighted by molar-refractivity contribution is 7.11. The summed E-state index contributed by atoms with van der Waals surface area (Å²) in [6.07, 6.45) is 8.39. The fourth-order valence-corrected chi connectivity index (χ4v) is 4.95. The van der Waals surface area contributed by atoms with Crippen LogP contribution in [0.2, 0.25) is 0 Å². The third kappa shape index (κ3) is 4.27. The zero-order valence-electron chi connectivity index (χ0n) is 18.1. The maximum absolute atomic E-state index is 12.6. The third-order valence-electron chi connectivity index (χ3n) is 6.28. The summed E-state index contributed by atoms with van der Waals surface area (Å²) < 4.78 is 2.09. The first kappa shape index (κ1) is 21.0. The lowest BCUT2D eigenvalue weighted by Gasteiger charge is -2.30. The lowest BCUT2D eigenvalue weighted by atomic mass is 9.80. The van der Waals surface area contributed by atoms with E-state index in [2.05, 4.69) is 35.0 Å². The predicted molar refractivity (Wildman–Crippen MR) is 121 cm³/mol. The molecule has 1 saturated carbocycles. The van der Waals surface area contributed by atoms with E-state index >= 15 is 0 Å². The second-order valence-electron chi connectivity index (χ2n) is 9.26. The number of hydrogen-bond donors (Lipinski definition) is 2. The van der Waals surface area contributed by atoms with Crippen molar-refractivity contribution < 1.29 is 9.90 Å². The summed E-state index contributed by atoms with van der Waals surface area (Å²) in [5.74, 6) is 1.32. The topological polar surface area (TPSA) is 80.0 Å². The number of anilines is 1. The lowest BCUT2D eigenvalue weighted by molar-refractivity contribution is 0.0794. The van der Waals surface area contributed by atoms with E-state index in [1.54, 1.807) is 25.6 Å². The van der Waals surface area contributed by atoms with Crippen LogP contribution in [0.15, 0.2) is 30.0 Å². The van der Waals surface area contributed by atoms with Crippen molar-refractivity contribution in [3.63, 3.8) is 0 Å². The number of nitrogens with one attached hydrogen (secondary N) is 1. The Morgan fingerprint density at radius 2 is 2.00 bits per heavy atom. The van der Waals surface area contributed by atoms with Crippen LogP contribution >= 0.6 is 11.3 Å². The average molecular weight is 427 g/mol. The number of carbonyl (C=O) groups is 1. The number of amides is 1. The Morgan fingerprint density at radius 1 is 1.27 bits per heavy atom. The number of thiazole rings is 1. The molecule has 1 aliphatic rings. The van der Waals surface area contributed by atoms with Crippen LogP contribution in [0.5, 0.6) is 0 Å². The van der Waals surface area contributed by atoms with E-state index in [-0.39, 0.29) is 5.91 Å². The number of fused-ring (bicyclic) bond motifs is 1. The van der Waals surface area contributed by atoms with E-state index in [0.29, 0.717) is 22.2 Å². The van der Waals surface area contributed by atoms with Gasteiger partial charge in [0.15, 0.2) is 0 Å². The first-order valence-corrected chi connectivity index (χ1v) is 11.6. The smallest absolute Gasteiger partial charge is 0.267 e. The number of rotatable bonds is 5. The van der Waals surface area contributed by atoms with Gasteiger partial charge in [-0.05, 0) is 63.5 Å². The SMILES string of the molecule is CC(C)[C@H]1CC[C@H](n2cc3cc(NC(=O)c4cncs4)c(C(C)(C)O)cc3n2)CC1. The summed E-state index contributed by atoms with van der Waals surface area (Å²) in [5.41, 5.74) is 2.63. The standard InChI is InChI=1S/C23H30N4O2S/c1-14(2)15-5-7-17(8-6-15)27-12-16-9-20(25-22(28)21-11-24-13-30-21)18(23(3,4)29)10-19(16)26-27/h9-15,17,29H,5-8H2,1-4H3,(H,25,28)/t15-,17-. The van der Waals surface area contributed by atoms with Crippen LogP contribution in [0.1, 0.15) is 74.7 Å². The minimum atomic E-state index is -1.11. The second-order valence-corrected chi connectivity index (χ2v) is 10.1. The molecular weight excluding hydrogens is 396 g/mol. The number of aromatic nitrogens is 3. The maximum atomic E-state index is 12.6. The quantitative estimate of drug-likeness (QED) is 0.575. The van der Waals surface area contributed by atoms with Gasteiger partial charge in [0.05, 0.1) is 28.9 Å². The number of aliphatic hydroxyl groups is 1. The Hall–Kier alpha value is -2.25. The maximum Gasteiger partial charge on any atom is 0.267 e. The van der Waals surface area contributed by atoms with Gasteiger partial charge in [-0.15, -0.1) is 11.3 Å². The van der Waals surface area contributed by atoms with Gasteiger partial charge in [0, 0.05) is 22.8 Å². The molecular formula is C23H30N4O2S. The van der Waals surface area contributed by atoms with Gasteiger partial charge in [-0.25, -0.2) is 0 Å². The summed E-state index contributed by atoms with van der Waals surface area (Å²) in [6.45, 7) is 8.07. The van der Waals surface area contributed by atoms with Crippen LogP contribution in [0, 0.1) is 11.8 Å². The van der Waals surface area contributed by atoms with Gasteiger partial charge in [0.2, 0.25) is 0 Å². The number of hydrogen-bond acceptors (Lipinski definition) is 5. The van der Waals surface area contributed by atoms with Gasteiger partial charge >= 0.3 is 0 Å². The van der Waals surface area contributed by atoms with Crippen LogP contribution in [0.25, 0.3) is 10.9 Å². The highest BCUT2D eigenvalue weighted by Crippen LogP contribution is 2.37. The fourth-order valence-electron chi connectivity index (χ4n) is 4.43. The normalized spacial score (nSPS) is 20.1. The Labute approximate surface area is 181 Å². The van der Waals surface area contributed by atoms with Gasteiger partial charge in [-0.2, -0.15) is 5.10 Å². The molecule has 160 valence electrons. The molecule has 0 unspecified atom stereocenters. The van der Waals surface area contributed by atoms with Crippen molar-refractivity contribution in [2.75, 3.05) is 5.32 Å². The van der Waals surface area contributed by atoms with Crippen molar-refractivity contribution in [1.29, 1.82) is 0 Å². The molecule has 0 aliphatic heterocycles. The summed E-state index contributed by atoms with van der Waals surface area (Å²) >= 11 is 1.29. The minimum Gasteiger partial charge on any atom is -0.386 e. The highest BCUT2D eigenvalue weighted by Gasteiger charge is 2.27. The minimum absolute atomic E-state index is 0.221. The number of carbonyl (C=O) groups excluding carboxylic acids is 1. The molecule has 30 heavy (non-hydrogen) atoms. The summed E-state index contributed by atoms with van der Waals surface area (Å²) in [4.78, 5) is 17.1. The first-order valence-electron chi connectivity index (χ1n) is 10.7. The van der Waals surface area contributed by atoms with Crippen LogP contribution in [0.4, 0.5) is 5.69 Å². The number of nitrogens with zero attached hydrogens (tertiary/aromatic N) is 3. The van der Waals surface area contributed by atoms with E-state index < -0.39 is 5.60 Å². The molecule has 2 aromatic heterocycles. The molecule has 0 saturated heterocycles. The summed E-state index contributed by atoms with van der Waals surface area (Å²) in [6, 6.07) is 4.23. The molecule has 1 amide bonds. The molecule has 4 rings (SSSR count). The largest absolute Gasteiger partial charge is 0.386 e. The average Bonchev–Trinajstić information content (AvgIpc) is 3.36.